The summed E-state index contributed by atoms with van der Waals surface area (Å²) in [6.45, 7) is 13.0. The Balaban J connectivity index is 1.42. The summed E-state index contributed by atoms with van der Waals surface area (Å²) in [7, 11) is -3.80. The molecule has 40 heavy (non-hydrogen) atoms. The molecule has 3 heterocycles. The molecule has 0 atom stereocenters. The van der Waals surface area contributed by atoms with Gasteiger partial charge in [-0.15, -0.1) is 0 Å². The minimum atomic E-state index is -3.80. The van der Waals surface area contributed by atoms with Gasteiger partial charge in [0.25, 0.3) is 0 Å². The predicted molar refractivity (Wildman–Crippen MR) is 162 cm³/mol. The lowest BCUT2D eigenvalue weighted by Gasteiger charge is -2.30. The summed E-state index contributed by atoms with van der Waals surface area (Å²) in [5.74, 6) is 0.692. The van der Waals surface area contributed by atoms with Crippen LogP contribution >= 0.6 is 0 Å². The van der Waals surface area contributed by atoms with Crippen LogP contribution in [0.2, 0.25) is 0 Å². The van der Waals surface area contributed by atoms with Crippen molar-refractivity contribution in [1.82, 2.24) is 14.8 Å². The highest BCUT2D eigenvalue weighted by atomic mass is 32.2. The Labute approximate surface area is 240 Å². The Kier molecular flexibility index (Phi) is 9.60. The second kappa shape index (κ2) is 13.3. The van der Waals surface area contributed by atoms with Crippen molar-refractivity contribution >= 4 is 26.4 Å². The molecule has 5 rings (SSSR count). The van der Waals surface area contributed by atoms with Gasteiger partial charge >= 0.3 is 0 Å². The molecule has 0 saturated carbocycles. The maximum absolute atomic E-state index is 14.1. The smallest absolute Gasteiger partial charge is 0.210 e. The maximum atomic E-state index is 14.1. The molecule has 7 nitrogen and oxygen atoms in total. The van der Waals surface area contributed by atoms with Gasteiger partial charge in [-0.2, -0.15) is 0 Å². The van der Waals surface area contributed by atoms with E-state index in [0.29, 0.717) is 12.4 Å². The largest absolute Gasteiger partial charge is 0.494 e. The number of hydrogen-bond acceptors (Lipinski definition) is 7. The summed E-state index contributed by atoms with van der Waals surface area (Å²) >= 11 is 0. The number of rotatable bonds is 10. The normalized spacial score (nSPS) is 17.7. The van der Waals surface area contributed by atoms with E-state index in [4.69, 9.17) is 4.74 Å². The van der Waals surface area contributed by atoms with E-state index in [1.165, 1.54) is 32.4 Å². The molecule has 2 aromatic carbocycles. The van der Waals surface area contributed by atoms with Gasteiger partial charge in [0, 0.05) is 44.3 Å². The predicted octanol–water partition coefficient (Wildman–Crippen LogP) is 5.55. The van der Waals surface area contributed by atoms with E-state index in [9.17, 15) is 8.42 Å². The van der Waals surface area contributed by atoms with Crippen molar-refractivity contribution in [2.75, 3.05) is 63.9 Å². The zero-order chi connectivity index (χ0) is 28.0. The number of pyridine rings is 1. The van der Waals surface area contributed by atoms with Gasteiger partial charge in [0.1, 0.15) is 10.6 Å². The van der Waals surface area contributed by atoms with Gasteiger partial charge in [0.05, 0.1) is 22.7 Å². The van der Waals surface area contributed by atoms with Crippen LogP contribution in [-0.4, -0.2) is 82.2 Å². The number of nitrogens with zero attached hydrogens (tertiary/aromatic N) is 4. The molecule has 0 bridgehead atoms. The van der Waals surface area contributed by atoms with E-state index >= 15 is 0 Å². The lowest BCUT2D eigenvalue weighted by atomic mass is 10.1. The molecular formula is C32H44N4O3S. The van der Waals surface area contributed by atoms with Gasteiger partial charge in [0.2, 0.25) is 9.84 Å². The fourth-order valence-electron chi connectivity index (χ4n) is 5.86. The molecule has 2 fully saturated rings. The molecule has 216 valence electrons. The third-order valence-corrected chi connectivity index (χ3v) is 10.0. The van der Waals surface area contributed by atoms with Crippen LogP contribution in [0.1, 0.15) is 51.0 Å². The third kappa shape index (κ3) is 6.78. The Morgan fingerprint density at radius 2 is 1.57 bits per heavy atom. The number of ether oxygens (including phenoxy) is 1. The van der Waals surface area contributed by atoms with Gasteiger partial charge in [-0.3, -0.25) is 4.98 Å². The molecule has 0 amide bonds. The molecule has 2 aliphatic rings. The zero-order valence-electron chi connectivity index (χ0n) is 24.1. The van der Waals surface area contributed by atoms with Crippen LogP contribution in [0.3, 0.4) is 0 Å². The Bertz CT molecular complexity index is 1370. The number of hydrogen-bond donors (Lipinski definition) is 0. The lowest BCUT2D eigenvalue weighted by Crippen LogP contribution is -2.39. The molecule has 0 unspecified atom stereocenters. The quantitative estimate of drug-likeness (QED) is 0.299. The zero-order valence-corrected chi connectivity index (χ0v) is 25.0. The molecule has 0 N–H and O–H groups in total. The van der Waals surface area contributed by atoms with E-state index in [2.05, 4.69) is 32.7 Å². The number of benzene rings is 2. The van der Waals surface area contributed by atoms with E-state index in [1.807, 2.05) is 19.1 Å². The number of fused-ring (bicyclic) bond motifs is 1. The monoisotopic (exact) mass is 564 g/mol. The topological polar surface area (TPSA) is 66.0 Å². The first kappa shape index (κ1) is 28.8. The van der Waals surface area contributed by atoms with E-state index in [-0.39, 0.29) is 9.79 Å². The summed E-state index contributed by atoms with van der Waals surface area (Å²) in [5, 5.41) is 0.905. The van der Waals surface area contributed by atoms with Gasteiger partial charge in [-0.25, -0.2) is 8.42 Å². The summed E-state index contributed by atoms with van der Waals surface area (Å²) in [5.41, 5.74) is 2.71. The minimum absolute atomic E-state index is 0.267. The molecule has 0 spiro atoms. The Morgan fingerprint density at radius 3 is 2.33 bits per heavy atom. The highest BCUT2D eigenvalue weighted by Crippen LogP contribution is 2.37. The first-order valence-electron chi connectivity index (χ1n) is 15.0. The molecule has 1 aromatic heterocycles. The second-order valence-corrected chi connectivity index (χ2v) is 13.2. The van der Waals surface area contributed by atoms with Crippen LogP contribution in [0.4, 0.5) is 5.69 Å². The molecular weight excluding hydrogens is 520 g/mol. The number of sulfone groups is 1. The van der Waals surface area contributed by atoms with Crippen LogP contribution in [0, 0.1) is 6.92 Å². The summed E-state index contributed by atoms with van der Waals surface area (Å²) < 4.78 is 34.0. The van der Waals surface area contributed by atoms with Gasteiger partial charge in [-0.05, 0) is 88.6 Å². The van der Waals surface area contributed by atoms with Crippen LogP contribution in [0.25, 0.3) is 10.9 Å². The highest BCUT2D eigenvalue weighted by molar-refractivity contribution is 7.91. The van der Waals surface area contributed by atoms with Gasteiger partial charge in [-0.1, -0.05) is 31.4 Å². The minimum Gasteiger partial charge on any atom is -0.494 e. The fraction of sp³-hybridized carbons (Fsp3) is 0.531. The SMILES string of the molecule is CCCCOc1ccc(S(=O)(=O)c2cnc3ccc(C)cc3c2N2CCCN(CCN3CCCCC3)CC2)cc1. The van der Waals surface area contributed by atoms with E-state index in [0.717, 1.165) is 80.7 Å². The molecule has 2 saturated heterocycles. The Hall–Kier alpha value is -2.68. The molecule has 8 heteroatoms. The maximum Gasteiger partial charge on any atom is 0.210 e. The Morgan fingerprint density at radius 1 is 0.850 bits per heavy atom. The average Bonchev–Trinajstić information content (AvgIpc) is 3.22. The number of piperidine rings is 1. The van der Waals surface area contributed by atoms with Crippen molar-refractivity contribution < 1.29 is 13.2 Å². The van der Waals surface area contributed by atoms with Crippen LogP contribution in [0.15, 0.2) is 58.5 Å². The molecule has 2 aliphatic heterocycles. The van der Waals surface area contributed by atoms with Gasteiger partial charge in [0.15, 0.2) is 0 Å². The van der Waals surface area contributed by atoms with Crippen molar-refractivity contribution in [2.24, 2.45) is 0 Å². The van der Waals surface area contributed by atoms with Crippen molar-refractivity contribution in [3.05, 3.63) is 54.2 Å². The van der Waals surface area contributed by atoms with Crippen LogP contribution in [-0.2, 0) is 9.84 Å². The number of unbranched alkanes of at least 4 members (excludes halogenated alkanes) is 1. The third-order valence-electron chi connectivity index (χ3n) is 8.24. The first-order valence-corrected chi connectivity index (χ1v) is 16.5. The molecule has 0 aliphatic carbocycles. The highest BCUT2D eigenvalue weighted by Gasteiger charge is 2.28. The van der Waals surface area contributed by atoms with Gasteiger partial charge < -0.3 is 19.4 Å². The number of aromatic nitrogens is 1. The molecule has 3 aromatic rings. The van der Waals surface area contributed by atoms with E-state index in [1.54, 1.807) is 30.5 Å². The van der Waals surface area contributed by atoms with E-state index < -0.39 is 9.84 Å². The van der Waals surface area contributed by atoms with Crippen molar-refractivity contribution in [1.29, 1.82) is 0 Å². The van der Waals surface area contributed by atoms with Crippen molar-refractivity contribution in [3.63, 3.8) is 0 Å². The van der Waals surface area contributed by atoms with Crippen molar-refractivity contribution in [2.45, 2.75) is 62.2 Å². The summed E-state index contributed by atoms with van der Waals surface area (Å²) in [6.07, 6.45) is 8.57. The average molecular weight is 565 g/mol. The number of aryl methyl sites for hydroxylation is 1. The number of likely N-dealkylation sites (tertiary alicyclic amines) is 1. The summed E-state index contributed by atoms with van der Waals surface area (Å²) in [4.78, 5) is 12.6. The first-order chi connectivity index (χ1) is 19.5. The van der Waals surface area contributed by atoms with Crippen molar-refractivity contribution in [3.8, 4) is 5.75 Å². The van der Waals surface area contributed by atoms with Crippen LogP contribution in [0.5, 0.6) is 5.75 Å². The number of anilines is 1. The summed E-state index contributed by atoms with van der Waals surface area (Å²) in [6, 6.07) is 12.9. The second-order valence-electron chi connectivity index (χ2n) is 11.3. The standard InChI is InChI=1S/C32H44N4O3S/c1-3-4-23-39-27-10-12-28(13-11-27)40(37,38)31-25-33-30-14-9-26(2)24-29(30)32(31)36-18-8-17-35(21-22-36)20-19-34-15-6-5-7-16-34/h9-14,24-25H,3-8,15-23H2,1-2H3. The lowest BCUT2D eigenvalue weighted by molar-refractivity contribution is 0.186. The molecule has 0 radical (unpaired) electrons. The fourth-order valence-corrected chi connectivity index (χ4v) is 7.29. The van der Waals surface area contributed by atoms with Crippen LogP contribution < -0.4 is 9.64 Å².